The molecule has 1 aliphatic rings. The van der Waals surface area contributed by atoms with E-state index in [0.717, 1.165) is 31.2 Å². The second-order valence-electron chi connectivity index (χ2n) is 5.80. The largest absolute Gasteiger partial charge is 0.493 e. The van der Waals surface area contributed by atoms with Crippen LogP contribution in [-0.2, 0) is 0 Å². The van der Waals surface area contributed by atoms with Gasteiger partial charge in [0.2, 0.25) is 0 Å². The van der Waals surface area contributed by atoms with E-state index < -0.39 is 0 Å². The maximum Gasteiger partial charge on any atom is 0.124 e. The smallest absolute Gasteiger partial charge is 0.124 e. The number of ether oxygens (including phenoxy) is 1. The highest BCUT2D eigenvalue weighted by atomic mass is 16.5. The predicted octanol–water partition coefficient (Wildman–Crippen LogP) is 3.76. The molecule has 0 saturated heterocycles. The van der Waals surface area contributed by atoms with E-state index in [9.17, 15) is 0 Å². The number of benzene rings is 1. The van der Waals surface area contributed by atoms with Crippen molar-refractivity contribution in [2.24, 2.45) is 5.92 Å². The van der Waals surface area contributed by atoms with Crippen LogP contribution in [0.2, 0.25) is 0 Å². The summed E-state index contributed by atoms with van der Waals surface area (Å²) in [5.74, 6) is 1.84. The molecule has 18 heavy (non-hydrogen) atoms. The van der Waals surface area contributed by atoms with Crippen LogP contribution in [0.3, 0.4) is 0 Å². The van der Waals surface area contributed by atoms with Gasteiger partial charge in [0.05, 0.1) is 6.61 Å². The van der Waals surface area contributed by atoms with Crippen molar-refractivity contribution in [2.45, 2.75) is 46.6 Å². The van der Waals surface area contributed by atoms with Crippen LogP contribution in [-0.4, -0.2) is 13.2 Å². The first kappa shape index (κ1) is 13.4. The van der Waals surface area contributed by atoms with E-state index in [4.69, 9.17) is 4.74 Å². The maximum absolute atomic E-state index is 5.78. The fourth-order valence-corrected chi connectivity index (χ4v) is 2.41. The molecule has 100 valence electrons. The summed E-state index contributed by atoms with van der Waals surface area (Å²) < 4.78 is 5.78. The lowest BCUT2D eigenvalue weighted by Crippen LogP contribution is -2.28. The number of fused-ring (bicyclic) bond motifs is 1. The van der Waals surface area contributed by atoms with Crippen molar-refractivity contribution in [1.29, 1.82) is 0 Å². The van der Waals surface area contributed by atoms with Crippen molar-refractivity contribution >= 4 is 0 Å². The Balaban J connectivity index is 2.10. The topological polar surface area (TPSA) is 21.3 Å². The normalized spacial score (nSPS) is 18.6. The Kier molecular flexibility index (Phi) is 4.28. The zero-order chi connectivity index (χ0) is 13.1. The molecule has 0 radical (unpaired) electrons. The summed E-state index contributed by atoms with van der Waals surface area (Å²) >= 11 is 0. The third kappa shape index (κ3) is 3.05. The average molecular weight is 247 g/mol. The van der Waals surface area contributed by atoms with Gasteiger partial charge in [0.1, 0.15) is 5.75 Å². The van der Waals surface area contributed by atoms with Gasteiger partial charge < -0.3 is 10.1 Å². The first-order valence-electron chi connectivity index (χ1n) is 7.05. The zero-order valence-electron chi connectivity index (χ0n) is 12.0. The molecule has 1 aromatic rings. The van der Waals surface area contributed by atoms with Crippen LogP contribution in [0.1, 0.15) is 49.4 Å². The van der Waals surface area contributed by atoms with Gasteiger partial charge >= 0.3 is 0 Å². The minimum absolute atomic E-state index is 0.465. The van der Waals surface area contributed by atoms with Gasteiger partial charge in [-0.3, -0.25) is 0 Å². The van der Waals surface area contributed by atoms with Crippen LogP contribution in [0.25, 0.3) is 0 Å². The molecule has 0 spiro atoms. The third-order valence-electron chi connectivity index (χ3n) is 3.78. The number of hydrogen-bond acceptors (Lipinski definition) is 2. The summed E-state index contributed by atoms with van der Waals surface area (Å²) in [5, 5.41) is 3.68. The molecule has 2 heteroatoms. The highest BCUT2D eigenvalue weighted by Crippen LogP contribution is 2.34. The summed E-state index contributed by atoms with van der Waals surface area (Å²) in [4.78, 5) is 0. The number of aryl methyl sites for hydroxylation is 2. The Bertz CT molecular complexity index is 412. The van der Waals surface area contributed by atoms with Crippen molar-refractivity contribution < 1.29 is 4.74 Å². The van der Waals surface area contributed by atoms with Gasteiger partial charge in [-0.25, -0.2) is 0 Å². The van der Waals surface area contributed by atoms with Gasteiger partial charge in [-0.05, 0) is 49.9 Å². The van der Waals surface area contributed by atoms with E-state index in [2.05, 4.69) is 45.1 Å². The summed E-state index contributed by atoms with van der Waals surface area (Å²) in [7, 11) is 0. The van der Waals surface area contributed by atoms with Crippen LogP contribution in [0.4, 0.5) is 0 Å². The second kappa shape index (κ2) is 5.75. The van der Waals surface area contributed by atoms with E-state index in [1.807, 2.05) is 0 Å². The molecule has 1 N–H and O–H groups in total. The molecule has 1 atom stereocenters. The van der Waals surface area contributed by atoms with Gasteiger partial charge in [0.25, 0.3) is 0 Å². The summed E-state index contributed by atoms with van der Waals surface area (Å²) in [6.45, 7) is 10.8. The van der Waals surface area contributed by atoms with Crippen LogP contribution < -0.4 is 10.1 Å². The first-order chi connectivity index (χ1) is 8.58. The molecule has 0 aromatic heterocycles. The lowest BCUT2D eigenvalue weighted by Gasteiger charge is -2.28. The molecule has 0 bridgehead atoms. The number of rotatable bonds is 4. The molecular weight excluding hydrogens is 222 g/mol. The highest BCUT2D eigenvalue weighted by molar-refractivity contribution is 5.44. The standard InChI is InChI=1S/C16H25NO/c1-11(2)5-7-17-15-6-8-18-16-10-13(4)12(3)9-14(15)16/h9-11,15,17H,5-8H2,1-4H3. The van der Waals surface area contributed by atoms with Gasteiger partial charge in [-0.1, -0.05) is 19.9 Å². The molecule has 0 saturated carbocycles. The monoisotopic (exact) mass is 247 g/mol. The lowest BCUT2D eigenvalue weighted by molar-refractivity contribution is 0.251. The highest BCUT2D eigenvalue weighted by Gasteiger charge is 2.21. The average Bonchev–Trinajstić information content (AvgIpc) is 2.31. The SMILES string of the molecule is Cc1cc2c(cc1C)C(NCCC(C)C)CCO2. The van der Waals surface area contributed by atoms with E-state index in [-0.39, 0.29) is 0 Å². The van der Waals surface area contributed by atoms with Crippen LogP contribution in [0, 0.1) is 19.8 Å². The van der Waals surface area contributed by atoms with E-state index in [1.54, 1.807) is 0 Å². The van der Waals surface area contributed by atoms with Crippen LogP contribution >= 0.6 is 0 Å². The number of nitrogens with one attached hydrogen (secondary N) is 1. The van der Waals surface area contributed by atoms with Crippen molar-refractivity contribution in [3.8, 4) is 5.75 Å². The minimum Gasteiger partial charge on any atom is -0.493 e. The first-order valence-corrected chi connectivity index (χ1v) is 7.05. The van der Waals surface area contributed by atoms with Crippen molar-refractivity contribution in [3.05, 3.63) is 28.8 Å². The van der Waals surface area contributed by atoms with Crippen LogP contribution in [0.5, 0.6) is 5.75 Å². The van der Waals surface area contributed by atoms with Gasteiger partial charge in [-0.15, -0.1) is 0 Å². The van der Waals surface area contributed by atoms with Crippen molar-refractivity contribution in [1.82, 2.24) is 5.32 Å². The Labute approximate surface area is 111 Å². The number of hydrogen-bond donors (Lipinski definition) is 1. The molecule has 0 fully saturated rings. The van der Waals surface area contributed by atoms with E-state index >= 15 is 0 Å². The van der Waals surface area contributed by atoms with Gasteiger partial charge in [-0.2, -0.15) is 0 Å². The molecule has 1 aromatic carbocycles. The maximum atomic E-state index is 5.78. The summed E-state index contributed by atoms with van der Waals surface area (Å²) in [6.07, 6.45) is 2.31. The third-order valence-corrected chi connectivity index (χ3v) is 3.78. The van der Waals surface area contributed by atoms with Gasteiger partial charge in [0.15, 0.2) is 0 Å². The second-order valence-corrected chi connectivity index (χ2v) is 5.80. The fraction of sp³-hybridized carbons (Fsp3) is 0.625. The van der Waals surface area contributed by atoms with Gasteiger partial charge in [0, 0.05) is 18.0 Å². The molecule has 1 unspecified atom stereocenters. The van der Waals surface area contributed by atoms with E-state index in [0.29, 0.717) is 6.04 Å². The van der Waals surface area contributed by atoms with Crippen LogP contribution in [0.15, 0.2) is 12.1 Å². The summed E-state index contributed by atoms with van der Waals surface area (Å²) in [5.41, 5.74) is 4.01. The molecule has 0 aliphatic carbocycles. The Morgan fingerprint density at radius 1 is 1.28 bits per heavy atom. The molecule has 2 nitrogen and oxygen atoms in total. The molecule has 0 amide bonds. The molecule has 1 aliphatic heterocycles. The van der Waals surface area contributed by atoms with Crippen molar-refractivity contribution in [3.63, 3.8) is 0 Å². The zero-order valence-corrected chi connectivity index (χ0v) is 12.0. The Morgan fingerprint density at radius 2 is 2.00 bits per heavy atom. The van der Waals surface area contributed by atoms with E-state index in [1.165, 1.54) is 23.1 Å². The quantitative estimate of drug-likeness (QED) is 0.874. The molecular formula is C16H25NO. The molecule has 1 heterocycles. The lowest BCUT2D eigenvalue weighted by atomic mass is 9.96. The minimum atomic E-state index is 0.465. The fourth-order valence-electron chi connectivity index (χ4n) is 2.41. The Morgan fingerprint density at radius 3 is 2.72 bits per heavy atom. The predicted molar refractivity (Wildman–Crippen MR) is 76.2 cm³/mol. The summed E-state index contributed by atoms with van der Waals surface area (Å²) in [6, 6.07) is 4.93. The van der Waals surface area contributed by atoms with Crippen molar-refractivity contribution in [2.75, 3.05) is 13.2 Å². The molecule has 2 rings (SSSR count). The Hall–Kier alpha value is -1.02.